The molecule has 0 saturated carbocycles. The Morgan fingerprint density at radius 1 is 0.889 bits per heavy atom. The minimum atomic E-state index is -3.89. The predicted octanol–water partition coefficient (Wildman–Crippen LogP) is 5.49. The summed E-state index contributed by atoms with van der Waals surface area (Å²) in [6.45, 7) is 0. The second kappa shape index (κ2) is 8.58. The summed E-state index contributed by atoms with van der Waals surface area (Å²) in [6, 6.07) is 19.9. The fraction of sp³-hybridized carbons (Fsp3) is 0.0741. The van der Waals surface area contributed by atoms with Gasteiger partial charge in [-0.2, -0.15) is 0 Å². The summed E-state index contributed by atoms with van der Waals surface area (Å²) in [5, 5.41) is 2.12. The van der Waals surface area contributed by atoms with Crippen LogP contribution in [0.15, 0.2) is 84.0 Å². The molecule has 0 saturated heterocycles. The van der Waals surface area contributed by atoms with Crippen molar-refractivity contribution in [3.05, 3.63) is 95.4 Å². The van der Waals surface area contributed by atoms with E-state index in [1.54, 1.807) is 36.7 Å². The Kier molecular flexibility index (Phi) is 5.35. The van der Waals surface area contributed by atoms with Crippen molar-refractivity contribution in [1.29, 1.82) is 0 Å². The van der Waals surface area contributed by atoms with Crippen molar-refractivity contribution < 1.29 is 8.42 Å². The van der Waals surface area contributed by atoms with Crippen LogP contribution in [-0.2, 0) is 22.9 Å². The van der Waals surface area contributed by atoms with Gasteiger partial charge in [0.15, 0.2) is 0 Å². The predicted molar refractivity (Wildman–Crippen MR) is 142 cm³/mol. The smallest absolute Gasteiger partial charge is 0.261 e. The average Bonchev–Trinajstić information content (AvgIpc) is 2.88. The van der Waals surface area contributed by atoms with Gasteiger partial charge in [0.25, 0.3) is 10.0 Å². The molecule has 2 heterocycles. The summed E-state index contributed by atoms with van der Waals surface area (Å²) in [7, 11) is -3.89. The first kappa shape index (κ1) is 22.5. The highest BCUT2D eigenvalue weighted by atomic mass is 35.5. The van der Waals surface area contributed by atoms with Gasteiger partial charge in [-0.05, 0) is 71.1 Å². The molecule has 3 aromatic carbocycles. The monoisotopic (exact) mass is 513 g/mol. The SMILES string of the molecule is Nc1nc2c(c(-c3ccncc3)n1)-c1cc(NS(=O)(=O)c3ccc4ccccc4c3)c(Cl)cc1CC2. The van der Waals surface area contributed by atoms with Crippen molar-refractivity contribution in [3.63, 3.8) is 0 Å². The highest BCUT2D eigenvalue weighted by Gasteiger charge is 2.26. The number of nitrogens with two attached hydrogens (primary N) is 1. The molecule has 0 amide bonds. The fourth-order valence-corrected chi connectivity index (χ4v) is 6.03. The molecule has 0 spiro atoms. The second-order valence-corrected chi connectivity index (χ2v) is 10.7. The van der Waals surface area contributed by atoms with E-state index in [1.807, 2.05) is 42.5 Å². The zero-order valence-electron chi connectivity index (χ0n) is 18.9. The lowest BCUT2D eigenvalue weighted by Gasteiger charge is -2.23. The van der Waals surface area contributed by atoms with Crippen LogP contribution in [0.4, 0.5) is 11.6 Å². The number of hydrogen-bond acceptors (Lipinski definition) is 6. The average molecular weight is 514 g/mol. The van der Waals surface area contributed by atoms with Gasteiger partial charge in [-0.25, -0.2) is 18.4 Å². The molecular formula is C27H20ClN5O2S. The van der Waals surface area contributed by atoms with Gasteiger partial charge in [-0.15, -0.1) is 0 Å². The van der Waals surface area contributed by atoms with Gasteiger partial charge in [0.2, 0.25) is 5.95 Å². The Labute approximate surface area is 213 Å². The van der Waals surface area contributed by atoms with Crippen molar-refractivity contribution in [2.24, 2.45) is 0 Å². The number of fused-ring (bicyclic) bond motifs is 4. The molecule has 1 aliphatic carbocycles. The Morgan fingerprint density at radius 2 is 1.67 bits per heavy atom. The van der Waals surface area contributed by atoms with Gasteiger partial charge in [-0.3, -0.25) is 9.71 Å². The van der Waals surface area contributed by atoms with Crippen LogP contribution < -0.4 is 10.5 Å². The van der Waals surface area contributed by atoms with Crippen molar-refractivity contribution in [3.8, 4) is 22.4 Å². The number of sulfonamides is 1. The molecule has 0 bridgehead atoms. The van der Waals surface area contributed by atoms with Crippen molar-refractivity contribution in [2.45, 2.75) is 17.7 Å². The maximum Gasteiger partial charge on any atom is 0.261 e. The lowest BCUT2D eigenvalue weighted by atomic mass is 9.86. The molecule has 2 aromatic heterocycles. The molecule has 0 radical (unpaired) electrons. The molecular weight excluding hydrogens is 494 g/mol. The first-order valence-corrected chi connectivity index (χ1v) is 13.2. The van der Waals surface area contributed by atoms with Gasteiger partial charge in [0.05, 0.1) is 27.0 Å². The maximum absolute atomic E-state index is 13.3. The van der Waals surface area contributed by atoms with Crippen LogP contribution in [0, 0.1) is 0 Å². The minimum absolute atomic E-state index is 0.156. The molecule has 178 valence electrons. The number of aromatic nitrogens is 3. The summed E-state index contributed by atoms with van der Waals surface area (Å²) in [5.74, 6) is 0.190. The highest BCUT2D eigenvalue weighted by Crippen LogP contribution is 2.42. The molecule has 7 nitrogen and oxygen atoms in total. The van der Waals surface area contributed by atoms with Crippen molar-refractivity contribution >= 4 is 44.0 Å². The van der Waals surface area contributed by atoms with E-state index in [4.69, 9.17) is 17.3 Å². The largest absolute Gasteiger partial charge is 0.368 e. The molecule has 6 rings (SSSR count). The van der Waals surface area contributed by atoms with Crippen LogP contribution in [-0.4, -0.2) is 23.4 Å². The summed E-state index contributed by atoms with van der Waals surface area (Å²) in [4.78, 5) is 13.3. The van der Waals surface area contributed by atoms with E-state index in [1.165, 1.54) is 0 Å². The number of pyridine rings is 1. The van der Waals surface area contributed by atoms with Crippen LogP contribution in [0.2, 0.25) is 5.02 Å². The molecule has 5 aromatic rings. The second-order valence-electron chi connectivity index (χ2n) is 8.59. The number of nitrogen functional groups attached to an aromatic ring is 1. The number of halogens is 1. The highest BCUT2D eigenvalue weighted by molar-refractivity contribution is 7.92. The summed E-state index contributed by atoms with van der Waals surface area (Å²) in [6.07, 6.45) is 4.75. The minimum Gasteiger partial charge on any atom is -0.368 e. The molecule has 0 aliphatic heterocycles. The molecule has 0 atom stereocenters. The van der Waals surface area contributed by atoms with Crippen LogP contribution in [0.25, 0.3) is 33.2 Å². The van der Waals surface area contributed by atoms with E-state index in [0.29, 0.717) is 23.6 Å². The zero-order chi connectivity index (χ0) is 24.9. The van der Waals surface area contributed by atoms with E-state index in [-0.39, 0.29) is 16.5 Å². The number of rotatable bonds is 4. The number of hydrogen-bond donors (Lipinski definition) is 2. The van der Waals surface area contributed by atoms with Crippen LogP contribution in [0.5, 0.6) is 0 Å². The third-order valence-corrected chi connectivity index (χ3v) is 8.00. The normalized spacial score (nSPS) is 12.7. The molecule has 3 N–H and O–H groups in total. The van der Waals surface area contributed by atoms with Gasteiger partial charge in [0.1, 0.15) is 0 Å². The van der Waals surface area contributed by atoms with E-state index < -0.39 is 10.0 Å². The summed E-state index contributed by atoms with van der Waals surface area (Å²) in [5.41, 5.74) is 11.3. The Balaban J connectivity index is 1.47. The maximum atomic E-state index is 13.3. The lowest BCUT2D eigenvalue weighted by molar-refractivity contribution is 0.601. The number of aryl methyl sites for hydroxylation is 2. The van der Waals surface area contributed by atoms with Crippen LogP contribution in [0.1, 0.15) is 11.3 Å². The van der Waals surface area contributed by atoms with Crippen LogP contribution >= 0.6 is 11.6 Å². The van der Waals surface area contributed by atoms with E-state index in [0.717, 1.165) is 38.7 Å². The molecule has 36 heavy (non-hydrogen) atoms. The number of anilines is 2. The summed E-state index contributed by atoms with van der Waals surface area (Å²) >= 11 is 6.57. The van der Waals surface area contributed by atoms with Crippen molar-refractivity contribution in [1.82, 2.24) is 15.0 Å². The lowest BCUT2D eigenvalue weighted by Crippen LogP contribution is -2.15. The first-order chi connectivity index (χ1) is 17.4. The topological polar surface area (TPSA) is 111 Å². The van der Waals surface area contributed by atoms with E-state index in [2.05, 4.69) is 19.7 Å². The fourth-order valence-electron chi connectivity index (χ4n) is 4.63. The molecule has 0 fully saturated rings. The van der Waals surface area contributed by atoms with Crippen LogP contribution in [0.3, 0.4) is 0 Å². The third-order valence-electron chi connectivity index (χ3n) is 6.32. The first-order valence-electron chi connectivity index (χ1n) is 11.3. The van der Waals surface area contributed by atoms with Gasteiger partial charge >= 0.3 is 0 Å². The molecule has 0 unspecified atom stereocenters. The Bertz CT molecular complexity index is 1760. The zero-order valence-corrected chi connectivity index (χ0v) is 20.5. The number of nitrogens with zero attached hydrogens (tertiary/aromatic N) is 3. The summed E-state index contributed by atoms with van der Waals surface area (Å²) < 4.78 is 29.3. The number of benzene rings is 3. The van der Waals surface area contributed by atoms with Gasteiger partial charge < -0.3 is 5.73 Å². The third kappa shape index (κ3) is 3.94. The van der Waals surface area contributed by atoms with E-state index >= 15 is 0 Å². The Hall–Kier alpha value is -4.01. The molecule has 1 aliphatic rings. The Morgan fingerprint density at radius 3 is 2.47 bits per heavy atom. The van der Waals surface area contributed by atoms with Crippen molar-refractivity contribution in [2.75, 3.05) is 10.5 Å². The van der Waals surface area contributed by atoms with Gasteiger partial charge in [-0.1, -0.05) is 41.9 Å². The number of nitrogens with one attached hydrogen (secondary N) is 1. The standard InChI is InChI=1S/C27H20ClN5O2S/c28-22-14-19-6-8-23-25(26(32-27(29)31-23)17-9-11-30-12-10-17)21(19)15-24(22)33-36(34,35)20-7-5-16-3-1-2-4-18(16)13-20/h1-5,7,9-15,33H,6,8H2,(H2,29,31,32). The molecule has 9 heteroatoms. The van der Waals surface area contributed by atoms with E-state index in [9.17, 15) is 8.42 Å². The quantitative estimate of drug-likeness (QED) is 0.328. The van der Waals surface area contributed by atoms with Gasteiger partial charge in [0, 0.05) is 23.5 Å².